The van der Waals surface area contributed by atoms with E-state index in [1.807, 2.05) is 25.1 Å². The summed E-state index contributed by atoms with van der Waals surface area (Å²) in [6, 6.07) is 13.5. The van der Waals surface area contributed by atoms with Crippen molar-refractivity contribution in [1.82, 2.24) is 10.2 Å². The fourth-order valence-corrected chi connectivity index (χ4v) is 5.72. The van der Waals surface area contributed by atoms with Crippen LogP contribution in [0.3, 0.4) is 0 Å². The molecule has 2 aromatic rings. The molecule has 0 aliphatic heterocycles. The van der Waals surface area contributed by atoms with E-state index >= 15 is 0 Å². The fourth-order valence-electron chi connectivity index (χ4n) is 4.69. The summed E-state index contributed by atoms with van der Waals surface area (Å²) in [6.45, 7) is 3.43. The number of carbonyl (C=O) groups excluding carboxylic acids is 2. The van der Waals surface area contributed by atoms with Gasteiger partial charge in [0.25, 0.3) is 0 Å². The number of hydrogen-bond donors (Lipinski definition) is 1. The summed E-state index contributed by atoms with van der Waals surface area (Å²) in [7, 11) is -3.76. The highest BCUT2D eigenvalue weighted by atomic mass is 35.5. The van der Waals surface area contributed by atoms with Crippen LogP contribution in [-0.2, 0) is 26.2 Å². The van der Waals surface area contributed by atoms with Gasteiger partial charge in [-0.15, -0.1) is 0 Å². The lowest BCUT2D eigenvalue weighted by atomic mass is 9.95. The van der Waals surface area contributed by atoms with Crippen LogP contribution in [-0.4, -0.2) is 50.0 Å². The van der Waals surface area contributed by atoms with Crippen molar-refractivity contribution in [2.75, 3.05) is 17.1 Å². The van der Waals surface area contributed by atoms with Gasteiger partial charge in [-0.1, -0.05) is 68.1 Å². The lowest BCUT2D eigenvalue weighted by Gasteiger charge is -2.34. The highest BCUT2D eigenvalue weighted by Crippen LogP contribution is 2.24. The minimum atomic E-state index is -3.76. The van der Waals surface area contributed by atoms with Gasteiger partial charge in [-0.3, -0.25) is 13.9 Å². The van der Waals surface area contributed by atoms with E-state index in [2.05, 4.69) is 5.32 Å². The Balaban J connectivity index is 1.91. The number of aryl methyl sites for hydroxylation is 1. The Morgan fingerprint density at radius 1 is 1.06 bits per heavy atom. The van der Waals surface area contributed by atoms with Crippen molar-refractivity contribution in [3.05, 3.63) is 64.7 Å². The van der Waals surface area contributed by atoms with Crippen LogP contribution < -0.4 is 9.62 Å². The molecule has 0 saturated heterocycles. The number of rotatable bonds is 10. The van der Waals surface area contributed by atoms with Gasteiger partial charge in [0.1, 0.15) is 12.6 Å². The number of carbonyl (C=O) groups is 2. The average Bonchev–Trinajstić information content (AvgIpc) is 2.84. The number of benzene rings is 2. The second kappa shape index (κ2) is 12.6. The third-order valence-corrected chi connectivity index (χ3v) is 8.05. The molecule has 0 heterocycles. The Kier molecular flexibility index (Phi) is 9.79. The second-order valence-electron chi connectivity index (χ2n) is 9.47. The maximum Gasteiger partial charge on any atom is 0.244 e. The van der Waals surface area contributed by atoms with Crippen LogP contribution in [0.15, 0.2) is 48.5 Å². The zero-order valence-corrected chi connectivity index (χ0v) is 22.8. The van der Waals surface area contributed by atoms with E-state index in [1.165, 1.54) is 11.3 Å². The predicted molar refractivity (Wildman–Crippen MR) is 144 cm³/mol. The molecule has 1 fully saturated rings. The van der Waals surface area contributed by atoms with Gasteiger partial charge in [0.05, 0.1) is 11.9 Å². The van der Waals surface area contributed by atoms with Crippen molar-refractivity contribution in [2.24, 2.45) is 0 Å². The van der Waals surface area contributed by atoms with Gasteiger partial charge < -0.3 is 10.2 Å². The molecule has 1 aliphatic carbocycles. The Bertz CT molecular complexity index is 1150. The number of anilines is 1. The minimum absolute atomic E-state index is 0.104. The van der Waals surface area contributed by atoms with Gasteiger partial charge >= 0.3 is 0 Å². The van der Waals surface area contributed by atoms with Crippen molar-refractivity contribution in [1.29, 1.82) is 0 Å². The van der Waals surface area contributed by atoms with Gasteiger partial charge in [-0.2, -0.15) is 0 Å². The SMILES string of the molecule is CCC(C(=O)NC1CCCCC1)N(Cc1ccc(Cl)cc1)C(=O)CN(c1ccccc1C)S(C)(=O)=O. The lowest BCUT2D eigenvalue weighted by Crippen LogP contribution is -2.54. The Labute approximate surface area is 219 Å². The molecule has 0 aromatic heterocycles. The maximum absolute atomic E-state index is 13.8. The molecule has 0 spiro atoms. The monoisotopic (exact) mass is 533 g/mol. The fraction of sp³-hybridized carbons (Fsp3) is 0.481. The van der Waals surface area contributed by atoms with E-state index < -0.39 is 28.5 Å². The molecular formula is C27H36ClN3O4S. The number of sulfonamides is 1. The second-order valence-corrected chi connectivity index (χ2v) is 11.8. The first kappa shape index (κ1) is 28.0. The molecule has 0 radical (unpaired) electrons. The van der Waals surface area contributed by atoms with Crippen molar-refractivity contribution in [3.63, 3.8) is 0 Å². The quantitative estimate of drug-likeness (QED) is 0.481. The molecule has 2 amide bonds. The van der Waals surface area contributed by atoms with Crippen LogP contribution in [0.5, 0.6) is 0 Å². The highest BCUT2D eigenvalue weighted by molar-refractivity contribution is 7.92. The van der Waals surface area contributed by atoms with Gasteiger partial charge in [0, 0.05) is 17.6 Å². The molecule has 7 nitrogen and oxygen atoms in total. The zero-order valence-electron chi connectivity index (χ0n) is 21.2. The van der Waals surface area contributed by atoms with E-state index in [4.69, 9.17) is 11.6 Å². The highest BCUT2D eigenvalue weighted by Gasteiger charge is 2.33. The van der Waals surface area contributed by atoms with Crippen LogP contribution in [0, 0.1) is 6.92 Å². The molecular weight excluding hydrogens is 498 g/mol. The Hall–Kier alpha value is -2.58. The van der Waals surface area contributed by atoms with Gasteiger partial charge in [0.15, 0.2) is 0 Å². The van der Waals surface area contributed by atoms with E-state index in [0.717, 1.165) is 47.4 Å². The topological polar surface area (TPSA) is 86.8 Å². The third-order valence-electron chi connectivity index (χ3n) is 6.67. The molecule has 2 aromatic carbocycles. The number of nitrogens with zero attached hydrogens (tertiary/aromatic N) is 2. The predicted octanol–water partition coefficient (Wildman–Crippen LogP) is 4.67. The molecule has 1 saturated carbocycles. The molecule has 1 aliphatic rings. The smallest absolute Gasteiger partial charge is 0.244 e. The first-order valence-corrected chi connectivity index (χ1v) is 14.7. The first-order valence-electron chi connectivity index (χ1n) is 12.5. The summed E-state index contributed by atoms with van der Waals surface area (Å²) < 4.78 is 26.6. The first-order chi connectivity index (χ1) is 17.1. The van der Waals surface area contributed by atoms with E-state index in [0.29, 0.717) is 17.1 Å². The average molecular weight is 534 g/mol. The summed E-state index contributed by atoms with van der Waals surface area (Å²) in [5.41, 5.74) is 1.99. The van der Waals surface area contributed by atoms with Crippen LogP contribution in [0.2, 0.25) is 5.02 Å². The summed E-state index contributed by atoms with van der Waals surface area (Å²) in [5.74, 6) is -0.641. The Morgan fingerprint density at radius 2 is 1.69 bits per heavy atom. The largest absolute Gasteiger partial charge is 0.352 e. The van der Waals surface area contributed by atoms with Gasteiger partial charge in [0.2, 0.25) is 21.8 Å². The number of para-hydroxylation sites is 1. The normalized spacial score (nSPS) is 15.2. The summed E-state index contributed by atoms with van der Waals surface area (Å²) in [5, 5.41) is 3.71. The molecule has 196 valence electrons. The number of halogens is 1. The maximum atomic E-state index is 13.8. The minimum Gasteiger partial charge on any atom is -0.352 e. The van der Waals surface area contributed by atoms with Gasteiger partial charge in [-0.05, 0) is 55.5 Å². The van der Waals surface area contributed by atoms with Crippen molar-refractivity contribution in [2.45, 2.75) is 71.0 Å². The van der Waals surface area contributed by atoms with E-state index in [9.17, 15) is 18.0 Å². The van der Waals surface area contributed by atoms with Gasteiger partial charge in [-0.25, -0.2) is 8.42 Å². The molecule has 1 atom stereocenters. The van der Waals surface area contributed by atoms with Crippen molar-refractivity contribution in [3.8, 4) is 0 Å². The molecule has 9 heteroatoms. The van der Waals surface area contributed by atoms with Crippen LogP contribution in [0.25, 0.3) is 0 Å². The van der Waals surface area contributed by atoms with Crippen LogP contribution in [0.1, 0.15) is 56.6 Å². The van der Waals surface area contributed by atoms with E-state index in [-0.39, 0.29) is 18.5 Å². The van der Waals surface area contributed by atoms with Crippen LogP contribution >= 0.6 is 11.6 Å². The van der Waals surface area contributed by atoms with Crippen molar-refractivity contribution < 1.29 is 18.0 Å². The standard InChI is InChI=1S/C27H36ClN3O4S/c1-4-24(27(33)29-23-11-6-5-7-12-23)30(18-21-14-16-22(28)17-15-21)26(32)19-31(36(3,34)35)25-13-9-8-10-20(25)2/h8-10,13-17,23-24H,4-7,11-12,18-19H2,1-3H3,(H,29,33). The van der Waals surface area contributed by atoms with E-state index in [1.54, 1.807) is 37.3 Å². The molecule has 0 bridgehead atoms. The summed E-state index contributed by atoms with van der Waals surface area (Å²) in [4.78, 5) is 28.6. The summed E-state index contributed by atoms with van der Waals surface area (Å²) >= 11 is 6.04. The lowest BCUT2D eigenvalue weighted by molar-refractivity contribution is -0.140. The molecule has 1 unspecified atom stereocenters. The van der Waals surface area contributed by atoms with Crippen molar-refractivity contribution >= 4 is 39.1 Å². The number of amides is 2. The molecule has 36 heavy (non-hydrogen) atoms. The Morgan fingerprint density at radius 3 is 2.28 bits per heavy atom. The number of nitrogens with one attached hydrogen (secondary N) is 1. The van der Waals surface area contributed by atoms with Crippen LogP contribution in [0.4, 0.5) is 5.69 Å². The zero-order chi connectivity index (χ0) is 26.3. The summed E-state index contributed by atoms with van der Waals surface area (Å²) in [6.07, 6.45) is 6.68. The number of hydrogen-bond acceptors (Lipinski definition) is 4. The molecule has 3 rings (SSSR count). The third kappa shape index (κ3) is 7.46. The molecule has 1 N–H and O–H groups in total.